The fraction of sp³-hybridized carbons (Fsp3) is 0.321. The lowest BCUT2D eigenvalue weighted by Gasteiger charge is -2.33. The summed E-state index contributed by atoms with van der Waals surface area (Å²) < 4.78 is 11.3. The third-order valence-corrected chi connectivity index (χ3v) is 6.48. The Hall–Kier alpha value is -3.46. The van der Waals surface area contributed by atoms with Crippen LogP contribution in [0, 0.1) is 0 Å². The highest BCUT2D eigenvalue weighted by Gasteiger charge is 2.27. The van der Waals surface area contributed by atoms with Crippen molar-refractivity contribution in [2.45, 2.75) is 25.3 Å². The molecule has 194 valence electrons. The van der Waals surface area contributed by atoms with Crippen molar-refractivity contribution in [3.63, 3.8) is 0 Å². The molecule has 0 radical (unpaired) electrons. The maximum Gasteiger partial charge on any atom is 0.257 e. The lowest BCUT2D eigenvalue weighted by atomic mass is 10.1. The van der Waals surface area contributed by atoms with Gasteiger partial charge in [-0.05, 0) is 55.7 Å². The number of carbonyl (C=O) groups is 2. The predicted molar refractivity (Wildman–Crippen MR) is 144 cm³/mol. The number of nitrogens with zero attached hydrogens (tertiary/aromatic N) is 2. The predicted octanol–water partition coefficient (Wildman–Crippen LogP) is 4.35. The summed E-state index contributed by atoms with van der Waals surface area (Å²) in [6, 6.07) is 19.8. The number of unbranched alkanes of at least 4 members (excludes halogenated alkanes) is 1. The number of ether oxygens (including phenoxy) is 1. The zero-order valence-corrected chi connectivity index (χ0v) is 21.3. The van der Waals surface area contributed by atoms with E-state index in [1.165, 1.54) is 6.21 Å². The van der Waals surface area contributed by atoms with Crippen molar-refractivity contribution in [2.75, 3.05) is 32.8 Å². The van der Waals surface area contributed by atoms with Gasteiger partial charge in [0, 0.05) is 30.8 Å². The number of rotatable bonds is 11. The molecule has 1 saturated heterocycles. The van der Waals surface area contributed by atoms with E-state index >= 15 is 0 Å². The molecule has 1 fully saturated rings. The third kappa shape index (κ3) is 7.76. The van der Waals surface area contributed by atoms with Crippen molar-refractivity contribution in [3.8, 4) is 11.3 Å². The second-order valence-corrected chi connectivity index (χ2v) is 9.11. The van der Waals surface area contributed by atoms with Crippen LogP contribution < -0.4 is 10.7 Å². The number of nitrogens with one attached hydrogen (secondary N) is 2. The van der Waals surface area contributed by atoms with E-state index in [4.69, 9.17) is 20.8 Å². The van der Waals surface area contributed by atoms with Crippen molar-refractivity contribution < 1.29 is 18.7 Å². The molecular weight excluding hydrogens is 492 g/mol. The van der Waals surface area contributed by atoms with Gasteiger partial charge in [-0.1, -0.05) is 41.9 Å². The molecule has 37 heavy (non-hydrogen) atoms. The topological polar surface area (TPSA) is 96.2 Å². The Morgan fingerprint density at radius 3 is 2.54 bits per heavy atom. The van der Waals surface area contributed by atoms with Crippen LogP contribution >= 0.6 is 11.6 Å². The summed E-state index contributed by atoms with van der Waals surface area (Å²) in [6.45, 7) is 3.11. The van der Waals surface area contributed by atoms with Gasteiger partial charge in [0.25, 0.3) is 11.8 Å². The maximum absolute atomic E-state index is 13.0. The molecule has 8 nitrogen and oxygen atoms in total. The minimum Gasteiger partial charge on any atom is -0.455 e. The minimum atomic E-state index is -0.332. The van der Waals surface area contributed by atoms with Gasteiger partial charge in [0.2, 0.25) is 0 Å². The first-order chi connectivity index (χ1) is 18.1. The van der Waals surface area contributed by atoms with Crippen LogP contribution in [0.3, 0.4) is 0 Å². The Kier molecular flexibility index (Phi) is 9.88. The van der Waals surface area contributed by atoms with Gasteiger partial charge in [0.15, 0.2) is 0 Å². The molecule has 1 aliphatic rings. The molecule has 0 saturated carbocycles. The largest absolute Gasteiger partial charge is 0.455 e. The van der Waals surface area contributed by atoms with Crippen molar-refractivity contribution in [2.24, 2.45) is 5.10 Å². The Labute approximate surface area is 221 Å². The van der Waals surface area contributed by atoms with Gasteiger partial charge in [0.05, 0.1) is 30.5 Å². The summed E-state index contributed by atoms with van der Waals surface area (Å²) in [5, 5.41) is 7.66. The lowest BCUT2D eigenvalue weighted by Crippen LogP contribution is -2.50. The van der Waals surface area contributed by atoms with E-state index in [1.54, 1.807) is 24.3 Å². The van der Waals surface area contributed by atoms with Crippen LogP contribution in [0.15, 0.2) is 76.2 Å². The molecule has 2 aromatic carbocycles. The maximum atomic E-state index is 13.0. The highest BCUT2D eigenvalue weighted by molar-refractivity contribution is 6.33. The van der Waals surface area contributed by atoms with Crippen LogP contribution in [0.1, 0.15) is 35.4 Å². The molecule has 0 spiro atoms. The van der Waals surface area contributed by atoms with Crippen LogP contribution in [0.5, 0.6) is 0 Å². The zero-order valence-electron chi connectivity index (χ0n) is 20.6. The van der Waals surface area contributed by atoms with Crippen molar-refractivity contribution in [1.29, 1.82) is 0 Å². The number of halogens is 1. The number of hydrogen-bond donors (Lipinski definition) is 2. The van der Waals surface area contributed by atoms with Crippen molar-refractivity contribution >= 4 is 29.6 Å². The highest BCUT2D eigenvalue weighted by atomic mass is 35.5. The molecule has 3 aromatic rings. The van der Waals surface area contributed by atoms with Crippen LogP contribution in [0.25, 0.3) is 11.3 Å². The molecule has 1 atom stereocenters. The second-order valence-electron chi connectivity index (χ2n) is 8.70. The van der Waals surface area contributed by atoms with Crippen LogP contribution in [-0.4, -0.2) is 61.8 Å². The number of hydrazone groups is 1. The van der Waals surface area contributed by atoms with E-state index < -0.39 is 0 Å². The zero-order chi connectivity index (χ0) is 25.9. The minimum absolute atomic E-state index is 0.0898. The summed E-state index contributed by atoms with van der Waals surface area (Å²) in [6.07, 6.45) is 3.69. The van der Waals surface area contributed by atoms with E-state index in [0.29, 0.717) is 61.4 Å². The SMILES string of the molecule is O=C(NCCCCC(C(=O)N/N=C/c1ccc(-c2ccccc2Cl)o1)N1CCOCC1)c1ccccc1. The van der Waals surface area contributed by atoms with E-state index in [-0.39, 0.29) is 17.9 Å². The van der Waals surface area contributed by atoms with Gasteiger partial charge in [-0.2, -0.15) is 5.10 Å². The fourth-order valence-electron chi connectivity index (χ4n) is 4.19. The van der Waals surface area contributed by atoms with E-state index in [2.05, 4.69) is 20.7 Å². The molecule has 1 aromatic heterocycles. The molecule has 1 unspecified atom stereocenters. The first-order valence-corrected chi connectivity index (χ1v) is 12.8. The number of furan rings is 1. The summed E-state index contributed by atoms with van der Waals surface area (Å²) >= 11 is 6.24. The Morgan fingerprint density at radius 2 is 1.76 bits per heavy atom. The van der Waals surface area contributed by atoms with E-state index in [9.17, 15) is 9.59 Å². The van der Waals surface area contributed by atoms with Crippen molar-refractivity contribution in [1.82, 2.24) is 15.6 Å². The molecule has 4 rings (SSSR count). The number of morpholine rings is 1. The number of carbonyl (C=O) groups excluding carboxylic acids is 2. The van der Waals surface area contributed by atoms with Crippen LogP contribution in [-0.2, 0) is 9.53 Å². The monoisotopic (exact) mass is 522 g/mol. The molecule has 0 bridgehead atoms. The smallest absolute Gasteiger partial charge is 0.257 e. The molecule has 2 amide bonds. The van der Waals surface area contributed by atoms with Gasteiger partial charge < -0.3 is 14.5 Å². The van der Waals surface area contributed by atoms with Crippen LogP contribution in [0.2, 0.25) is 5.02 Å². The second kappa shape index (κ2) is 13.7. The molecule has 2 heterocycles. The number of hydrogen-bond acceptors (Lipinski definition) is 6. The Morgan fingerprint density at radius 1 is 1.00 bits per heavy atom. The lowest BCUT2D eigenvalue weighted by molar-refractivity contribution is -0.128. The molecule has 1 aliphatic heterocycles. The first-order valence-electron chi connectivity index (χ1n) is 12.4. The van der Waals surface area contributed by atoms with Gasteiger partial charge in [-0.3, -0.25) is 14.5 Å². The van der Waals surface area contributed by atoms with Gasteiger partial charge >= 0.3 is 0 Å². The average Bonchev–Trinajstić information content (AvgIpc) is 3.40. The molecular formula is C28H31ClN4O4. The normalized spacial score (nSPS) is 14.9. The molecule has 0 aliphatic carbocycles. The fourth-order valence-corrected chi connectivity index (χ4v) is 4.42. The standard InChI is InChI=1S/C28H31ClN4O4/c29-24-11-5-4-10-23(24)26-14-13-22(37-26)20-31-32-28(35)25(33-16-18-36-19-17-33)12-6-7-15-30-27(34)21-8-2-1-3-9-21/h1-5,8-11,13-14,20,25H,6-7,12,15-19H2,(H,30,34)(H,32,35)/b31-20+. The van der Waals surface area contributed by atoms with Gasteiger partial charge in [-0.25, -0.2) is 5.43 Å². The quantitative estimate of drug-likeness (QED) is 0.222. The third-order valence-electron chi connectivity index (χ3n) is 6.15. The Bertz CT molecular complexity index is 1190. The highest BCUT2D eigenvalue weighted by Crippen LogP contribution is 2.28. The average molecular weight is 523 g/mol. The van der Waals surface area contributed by atoms with Crippen molar-refractivity contribution in [3.05, 3.63) is 83.1 Å². The van der Waals surface area contributed by atoms with Crippen LogP contribution in [0.4, 0.5) is 0 Å². The van der Waals surface area contributed by atoms with Gasteiger partial charge in [0.1, 0.15) is 11.5 Å². The van der Waals surface area contributed by atoms with E-state index in [1.807, 2.05) is 42.5 Å². The van der Waals surface area contributed by atoms with E-state index in [0.717, 1.165) is 18.4 Å². The Balaban J connectivity index is 1.28. The first kappa shape index (κ1) is 26.6. The summed E-state index contributed by atoms with van der Waals surface area (Å²) in [7, 11) is 0. The number of amides is 2. The summed E-state index contributed by atoms with van der Waals surface area (Å²) in [4.78, 5) is 27.4. The van der Waals surface area contributed by atoms with Gasteiger partial charge in [-0.15, -0.1) is 0 Å². The number of benzene rings is 2. The summed E-state index contributed by atoms with van der Waals surface area (Å²) in [5.74, 6) is 0.869. The molecule has 2 N–H and O–H groups in total. The summed E-state index contributed by atoms with van der Waals surface area (Å²) in [5.41, 5.74) is 4.09. The molecule has 9 heteroatoms.